The number of hydrogen-bond acceptors (Lipinski definition) is 3. The maximum atomic E-state index is 11.8. The van der Waals surface area contributed by atoms with Gasteiger partial charge in [0.15, 0.2) is 0 Å². The van der Waals surface area contributed by atoms with Crippen molar-refractivity contribution in [1.29, 1.82) is 0 Å². The van der Waals surface area contributed by atoms with Crippen molar-refractivity contribution >= 4 is 9.84 Å². The SMILES string of the molecule is CS(=O)(=O)CCCC(N)CCC(F)(F)F. The van der Waals surface area contributed by atoms with Crippen LogP contribution in [0.5, 0.6) is 0 Å². The molecule has 0 aromatic heterocycles. The maximum absolute atomic E-state index is 11.8. The van der Waals surface area contributed by atoms with Crippen molar-refractivity contribution in [2.75, 3.05) is 12.0 Å². The lowest BCUT2D eigenvalue weighted by molar-refractivity contribution is -0.136. The first-order valence-electron chi connectivity index (χ1n) is 4.60. The Morgan fingerprint density at radius 2 is 1.80 bits per heavy atom. The average molecular weight is 247 g/mol. The molecule has 15 heavy (non-hydrogen) atoms. The van der Waals surface area contributed by atoms with Gasteiger partial charge in [-0.15, -0.1) is 0 Å². The van der Waals surface area contributed by atoms with Gasteiger partial charge in [-0.3, -0.25) is 0 Å². The molecule has 1 atom stereocenters. The summed E-state index contributed by atoms with van der Waals surface area (Å²) in [5.41, 5.74) is 5.42. The first-order chi connectivity index (χ1) is 6.60. The van der Waals surface area contributed by atoms with Crippen LogP contribution < -0.4 is 5.73 Å². The topological polar surface area (TPSA) is 60.2 Å². The van der Waals surface area contributed by atoms with E-state index in [0.29, 0.717) is 12.8 Å². The Morgan fingerprint density at radius 3 is 2.20 bits per heavy atom. The molecule has 0 bridgehead atoms. The molecule has 0 aliphatic heterocycles. The Hall–Kier alpha value is -0.300. The molecule has 0 rings (SSSR count). The predicted molar refractivity (Wildman–Crippen MR) is 52.2 cm³/mol. The fourth-order valence-corrected chi connectivity index (χ4v) is 1.79. The van der Waals surface area contributed by atoms with Crippen LogP contribution >= 0.6 is 0 Å². The van der Waals surface area contributed by atoms with Gasteiger partial charge in [-0.25, -0.2) is 8.42 Å². The molecule has 0 heterocycles. The van der Waals surface area contributed by atoms with Crippen molar-refractivity contribution < 1.29 is 21.6 Å². The predicted octanol–water partition coefficient (Wildman–Crippen LogP) is 1.48. The molecule has 0 saturated heterocycles. The lowest BCUT2D eigenvalue weighted by atomic mass is 10.1. The summed E-state index contributed by atoms with van der Waals surface area (Å²) in [4.78, 5) is 0. The van der Waals surface area contributed by atoms with Crippen LogP contribution in [0.25, 0.3) is 0 Å². The van der Waals surface area contributed by atoms with Crippen LogP contribution in [0.4, 0.5) is 13.2 Å². The average Bonchev–Trinajstić information content (AvgIpc) is 1.97. The van der Waals surface area contributed by atoms with E-state index < -0.39 is 28.5 Å². The molecule has 3 nitrogen and oxygen atoms in total. The van der Waals surface area contributed by atoms with Gasteiger partial charge in [0.05, 0.1) is 0 Å². The smallest absolute Gasteiger partial charge is 0.328 e. The largest absolute Gasteiger partial charge is 0.389 e. The molecular formula is C8H16F3NO2S. The Morgan fingerprint density at radius 1 is 1.27 bits per heavy atom. The first-order valence-corrected chi connectivity index (χ1v) is 6.66. The summed E-state index contributed by atoms with van der Waals surface area (Å²) >= 11 is 0. The Bertz CT molecular complexity index is 274. The molecule has 0 aliphatic carbocycles. The molecular weight excluding hydrogens is 231 g/mol. The molecule has 2 N–H and O–H groups in total. The normalized spacial score (nSPS) is 15.3. The summed E-state index contributed by atoms with van der Waals surface area (Å²) in [6.07, 6.45) is -3.52. The van der Waals surface area contributed by atoms with Gasteiger partial charge < -0.3 is 5.73 Å². The second-order valence-corrected chi connectivity index (χ2v) is 5.95. The zero-order valence-electron chi connectivity index (χ0n) is 8.55. The summed E-state index contributed by atoms with van der Waals surface area (Å²) < 4.78 is 56.7. The van der Waals surface area contributed by atoms with Gasteiger partial charge in [0.25, 0.3) is 0 Å². The zero-order valence-corrected chi connectivity index (χ0v) is 9.37. The molecule has 0 aromatic carbocycles. The van der Waals surface area contributed by atoms with Crippen LogP contribution in [-0.4, -0.2) is 32.6 Å². The van der Waals surface area contributed by atoms with Gasteiger partial charge in [-0.05, 0) is 19.3 Å². The molecule has 0 fully saturated rings. The fraction of sp³-hybridized carbons (Fsp3) is 1.00. The second-order valence-electron chi connectivity index (χ2n) is 3.69. The molecule has 7 heteroatoms. The van der Waals surface area contributed by atoms with Crippen LogP contribution in [0.1, 0.15) is 25.7 Å². The van der Waals surface area contributed by atoms with Crippen molar-refractivity contribution in [3.05, 3.63) is 0 Å². The van der Waals surface area contributed by atoms with Gasteiger partial charge in [-0.1, -0.05) is 0 Å². The minimum atomic E-state index is -4.19. The molecule has 0 radical (unpaired) electrons. The molecule has 0 amide bonds. The first kappa shape index (κ1) is 14.7. The lowest BCUT2D eigenvalue weighted by Gasteiger charge is -2.12. The second kappa shape index (κ2) is 5.69. The van der Waals surface area contributed by atoms with E-state index in [1.54, 1.807) is 0 Å². The molecule has 1 unspecified atom stereocenters. The number of nitrogens with two attached hydrogens (primary N) is 1. The van der Waals surface area contributed by atoms with Crippen molar-refractivity contribution in [3.63, 3.8) is 0 Å². The monoisotopic (exact) mass is 247 g/mol. The van der Waals surface area contributed by atoms with Gasteiger partial charge in [0, 0.05) is 24.5 Å². The number of sulfone groups is 1. The van der Waals surface area contributed by atoms with Gasteiger partial charge in [0.2, 0.25) is 0 Å². The van der Waals surface area contributed by atoms with Crippen molar-refractivity contribution in [2.45, 2.75) is 37.9 Å². The standard InChI is InChI=1S/C8H16F3NO2S/c1-15(13,14)6-2-3-7(12)4-5-8(9,10)11/h7H,2-6,12H2,1H3. The highest BCUT2D eigenvalue weighted by Gasteiger charge is 2.27. The van der Waals surface area contributed by atoms with E-state index in [9.17, 15) is 21.6 Å². The van der Waals surface area contributed by atoms with E-state index in [1.807, 2.05) is 0 Å². The summed E-state index contributed by atoms with van der Waals surface area (Å²) in [7, 11) is -3.04. The lowest BCUT2D eigenvalue weighted by Crippen LogP contribution is -2.23. The minimum absolute atomic E-state index is 0.0211. The number of rotatable bonds is 6. The van der Waals surface area contributed by atoms with E-state index >= 15 is 0 Å². The van der Waals surface area contributed by atoms with Crippen LogP contribution in [0.15, 0.2) is 0 Å². The Labute approximate surface area is 87.8 Å². The van der Waals surface area contributed by atoms with Gasteiger partial charge >= 0.3 is 6.18 Å². The Balaban J connectivity index is 3.63. The highest BCUT2D eigenvalue weighted by Crippen LogP contribution is 2.22. The quantitative estimate of drug-likeness (QED) is 0.773. The fourth-order valence-electron chi connectivity index (χ4n) is 1.10. The van der Waals surface area contributed by atoms with E-state index in [2.05, 4.69) is 0 Å². The molecule has 0 aliphatic rings. The molecule has 0 saturated carbocycles. The van der Waals surface area contributed by atoms with E-state index in [-0.39, 0.29) is 12.2 Å². The van der Waals surface area contributed by atoms with E-state index in [4.69, 9.17) is 5.73 Å². The van der Waals surface area contributed by atoms with Crippen molar-refractivity contribution in [2.24, 2.45) is 5.73 Å². The highest BCUT2D eigenvalue weighted by molar-refractivity contribution is 7.90. The van der Waals surface area contributed by atoms with Gasteiger partial charge in [0.1, 0.15) is 9.84 Å². The third-order valence-electron chi connectivity index (χ3n) is 1.89. The summed E-state index contributed by atoms with van der Waals surface area (Å²) in [5, 5.41) is 0. The maximum Gasteiger partial charge on any atom is 0.389 e. The van der Waals surface area contributed by atoms with E-state index in [0.717, 1.165) is 6.26 Å². The number of alkyl halides is 3. The molecule has 0 spiro atoms. The van der Waals surface area contributed by atoms with Crippen molar-refractivity contribution in [3.8, 4) is 0 Å². The summed E-state index contributed by atoms with van der Waals surface area (Å²) in [6, 6.07) is -0.576. The van der Waals surface area contributed by atoms with Crippen LogP contribution in [0.3, 0.4) is 0 Å². The highest BCUT2D eigenvalue weighted by atomic mass is 32.2. The van der Waals surface area contributed by atoms with E-state index in [1.165, 1.54) is 0 Å². The molecule has 92 valence electrons. The summed E-state index contributed by atoms with van der Waals surface area (Å²) in [5.74, 6) is -0.0211. The third-order valence-corrected chi connectivity index (χ3v) is 2.92. The number of halogens is 3. The Kier molecular flexibility index (Phi) is 5.58. The summed E-state index contributed by atoms with van der Waals surface area (Å²) in [6.45, 7) is 0. The van der Waals surface area contributed by atoms with Crippen molar-refractivity contribution in [1.82, 2.24) is 0 Å². The minimum Gasteiger partial charge on any atom is -0.328 e. The zero-order chi connectivity index (χ0) is 12.1. The number of hydrogen-bond donors (Lipinski definition) is 1. The van der Waals surface area contributed by atoms with Crippen LogP contribution in [0, 0.1) is 0 Å². The van der Waals surface area contributed by atoms with Gasteiger partial charge in [-0.2, -0.15) is 13.2 Å². The van der Waals surface area contributed by atoms with Crippen LogP contribution in [0.2, 0.25) is 0 Å². The van der Waals surface area contributed by atoms with Crippen LogP contribution in [-0.2, 0) is 9.84 Å². The third kappa shape index (κ3) is 11.6. The molecule has 0 aromatic rings.